The number of hydrogen-bond donors (Lipinski definition) is 2. The highest BCUT2D eigenvalue weighted by Gasteiger charge is 2.12. The lowest BCUT2D eigenvalue weighted by Gasteiger charge is -2.11. The first kappa shape index (κ1) is 17.2. The zero-order valence-electron chi connectivity index (χ0n) is 13.7. The van der Waals surface area contributed by atoms with Crippen LogP contribution in [0.15, 0.2) is 48.5 Å². The molecule has 0 fully saturated rings. The van der Waals surface area contributed by atoms with Gasteiger partial charge >= 0.3 is 0 Å². The van der Waals surface area contributed by atoms with E-state index in [1.54, 1.807) is 48.5 Å². The predicted molar refractivity (Wildman–Crippen MR) is 92.8 cm³/mol. The van der Waals surface area contributed by atoms with Crippen molar-refractivity contribution in [3.8, 4) is 6.07 Å². The molecule has 1 atom stereocenters. The van der Waals surface area contributed by atoms with E-state index >= 15 is 0 Å². The Morgan fingerprint density at radius 2 is 1.62 bits per heavy atom. The Kier molecular flexibility index (Phi) is 5.69. The Hall–Kier alpha value is -3.13. The van der Waals surface area contributed by atoms with Crippen LogP contribution in [-0.4, -0.2) is 17.9 Å². The van der Waals surface area contributed by atoms with E-state index in [-0.39, 0.29) is 17.9 Å². The summed E-state index contributed by atoms with van der Waals surface area (Å²) < 4.78 is 0. The second-order valence-corrected chi connectivity index (χ2v) is 5.47. The van der Waals surface area contributed by atoms with Crippen molar-refractivity contribution in [2.45, 2.75) is 26.3 Å². The van der Waals surface area contributed by atoms with Gasteiger partial charge in [0.2, 0.25) is 0 Å². The van der Waals surface area contributed by atoms with Crippen LogP contribution in [0.25, 0.3) is 0 Å². The first-order valence-electron chi connectivity index (χ1n) is 7.76. The number of rotatable bonds is 5. The van der Waals surface area contributed by atoms with Gasteiger partial charge in [0.1, 0.15) is 6.07 Å². The lowest BCUT2D eigenvalue weighted by molar-refractivity contribution is 0.0937. The fourth-order valence-electron chi connectivity index (χ4n) is 2.07. The van der Waals surface area contributed by atoms with E-state index in [0.29, 0.717) is 22.4 Å². The first-order chi connectivity index (χ1) is 11.5. The normalized spacial score (nSPS) is 11.2. The highest BCUT2D eigenvalue weighted by atomic mass is 16.2. The van der Waals surface area contributed by atoms with Gasteiger partial charge in [-0.1, -0.05) is 19.1 Å². The Labute approximate surface area is 141 Å². The molecule has 2 N–H and O–H groups in total. The maximum Gasteiger partial charge on any atom is 0.255 e. The van der Waals surface area contributed by atoms with E-state index in [1.165, 1.54) is 0 Å². The predicted octanol–water partition coefficient (Wildman–Crippen LogP) is 3.34. The molecule has 0 spiro atoms. The molecule has 2 aromatic carbocycles. The van der Waals surface area contributed by atoms with Gasteiger partial charge in [0, 0.05) is 17.2 Å². The molecule has 0 bridgehead atoms. The summed E-state index contributed by atoms with van der Waals surface area (Å²) in [5, 5.41) is 14.6. The molecule has 1 unspecified atom stereocenters. The van der Waals surface area contributed by atoms with Crippen molar-refractivity contribution in [2.24, 2.45) is 0 Å². The van der Waals surface area contributed by atoms with Crippen molar-refractivity contribution >= 4 is 17.5 Å². The molecular formula is C19H19N3O2. The molecule has 0 aliphatic rings. The second kappa shape index (κ2) is 7.93. The van der Waals surface area contributed by atoms with Crippen LogP contribution in [0.2, 0.25) is 0 Å². The minimum atomic E-state index is -0.327. The molecule has 0 saturated carbocycles. The summed E-state index contributed by atoms with van der Waals surface area (Å²) in [5.74, 6) is -0.488. The molecular weight excluding hydrogens is 302 g/mol. The smallest absolute Gasteiger partial charge is 0.255 e. The number of nitrogens with zero attached hydrogens (tertiary/aromatic N) is 1. The molecule has 2 aromatic rings. The minimum absolute atomic E-state index is 0.1000. The molecule has 0 saturated heterocycles. The van der Waals surface area contributed by atoms with E-state index in [2.05, 4.69) is 10.6 Å². The Bertz CT molecular complexity index is 776. The van der Waals surface area contributed by atoms with Gasteiger partial charge in [0.25, 0.3) is 11.8 Å². The fraction of sp³-hybridized carbons (Fsp3) is 0.211. The monoisotopic (exact) mass is 321 g/mol. The molecule has 0 heterocycles. The van der Waals surface area contributed by atoms with Crippen LogP contribution >= 0.6 is 0 Å². The van der Waals surface area contributed by atoms with Crippen molar-refractivity contribution in [1.29, 1.82) is 5.26 Å². The topological polar surface area (TPSA) is 82.0 Å². The first-order valence-corrected chi connectivity index (χ1v) is 7.76. The maximum atomic E-state index is 12.3. The van der Waals surface area contributed by atoms with Crippen LogP contribution in [-0.2, 0) is 0 Å². The Balaban J connectivity index is 2.09. The zero-order valence-corrected chi connectivity index (χ0v) is 13.7. The maximum absolute atomic E-state index is 12.3. The summed E-state index contributed by atoms with van der Waals surface area (Å²) in [6, 6.07) is 15.3. The van der Waals surface area contributed by atoms with Crippen LogP contribution in [0.5, 0.6) is 0 Å². The standard InChI is InChI=1S/C19H19N3O2/c1-3-13(2)21-18(23)14-8-10-15(11-9-14)19(24)22-17-7-5-4-6-16(17)12-20/h4-11,13H,3H2,1-2H3,(H,21,23)(H,22,24). The molecule has 2 amide bonds. The molecule has 5 heteroatoms. The van der Waals surface area contributed by atoms with Gasteiger partial charge < -0.3 is 10.6 Å². The average molecular weight is 321 g/mol. The number of nitrogens with one attached hydrogen (secondary N) is 2. The van der Waals surface area contributed by atoms with Crippen LogP contribution < -0.4 is 10.6 Å². The van der Waals surface area contributed by atoms with Crippen molar-refractivity contribution in [3.05, 3.63) is 65.2 Å². The van der Waals surface area contributed by atoms with Crippen molar-refractivity contribution in [1.82, 2.24) is 5.32 Å². The molecule has 24 heavy (non-hydrogen) atoms. The van der Waals surface area contributed by atoms with E-state index in [1.807, 2.05) is 19.9 Å². The molecule has 0 aromatic heterocycles. The average Bonchev–Trinajstić information content (AvgIpc) is 2.62. The van der Waals surface area contributed by atoms with E-state index in [0.717, 1.165) is 6.42 Å². The van der Waals surface area contributed by atoms with Gasteiger partial charge in [-0.2, -0.15) is 5.26 Å². The molecule has 0 aliphatic carbocycles. The number of benzene rings is 2. The number of amides is 2. The number of nitriles is 1. The summed E-state index contributed by atoms with van der Waals surface area (Å²) >= 11 is 0. The molecule has 5 nitrogen and oxygen atoms in total. The Morgan fingerprint density at radius 3 is 2.21 bits per heavy atom. The van der Waals surface area contributed by atoms with Crippen LogP contribution in [0.4, 0.5) is 5.69 Å². The van der Waals surface area contributed by atoms with Crippen LogP contribution in [0.1, 0.15) is 46.5 Å². The van der Waals surface area contributed by atoms with Gasteiger partial charge in [-0.3, -0.25) is 9.59 Å². The fourth-order valence-corrected chi connectivity index (χ4v) is 2.07. The number of hydrogen-bond acceptors (Lipinski definition) is 3. The summed E-state index contributed by atoms with van der Waals surface area (Å²) in [7, 11) is 0. The largest absolute Gasteiger partial charge is 0.350 e. The summed E-state index contributed by atoms with van der Waals surface area (Å²) in [6.07, 6.45) is 0.852. The van der Waals surface area contributed by atoms with Crippen LogP contribution in [0.3, 0.4) is 0 Å². The van der Waals surface area contributed by atoms with E-state index in [9.17, 15) is 9.59 Å². The minimum Gasteiger partial charge on any atom is -0.350 e. The third kappa shape index (κ3) is 4.20. The Morgan fingerprint density at radius 1 is 1.04 bits per heavy atom. The summed E-state index contributed by atoms with van der Waals surface area (Å²) in [5.41, 5.74) is 1.78. The van der Waals surface area contributed by atoms with Crippen LogP contribution in [0, 0.1) is 11.3 Å². The second-order valence-electron chi connectivity index (χ2n) is 5.47. The van der Waals surface area contributed by atoms with Crippen molar-refractivity contribution in [2.75, 3.05) is 5.32 Å². The van der Waals surface area contributed by atoms with Gasteiger partial charge in [0.05, 0.1) is 11.3 Å². The van der Waals surface area contributed by atoms with E-state index < -0.39 is 0 Å². The lowest BCUT2D eigenvalue weighted by Crippen LogP contribution is -2.31. The molecule has 2 rings (SSSR count). The number of carbonyl (C=O) groups excluding carboxylic acids is 2. The SMILES string of the molecule is CCC(C)NC(=O)c1ccc(C(=O)Nc2ccccc2C#N)cc1. The molecule has 0 aliphatic heterocycles. The van der Waals surface area contributed by atoms with E-state index in [4.69, 9.17) is 5.26 Å². The third-order valence-corrected chi connectivity index (χ3v) is 3.69. The lowest BCUT2D eigenvalue weighted by atomic mass is 10.1. The van der Waals surface area contributed by atoms with Gasteiger partial charge in [-0.15, -0.1) is 0 Å². The van der Waals surface area contributed by atoms with Gasteiger partial charge in [0.15, 0.2) is 0 Å². The number of carbonyl (C=O) groups is 2. The van der Waals surface area contributed by atoms with Crippen molar-refractivity contribution in [3.63, 3.8) is 0 Å². The molecule has 0 radical (unpaired) electrons. The summed E-state index contributed by atoms with van der Waals surface area (Å²) in [4.78, 5) is 24.3. The quantitative estimate of drug-likeness (QED) is 0.886. The zero-order chi connectivity index (χ0) is 17.5. The summed E-state index contributed by atoms with van der Waals surface area (Å²) in [6.45, 7) is 3.93. The third-order valence-electron chi connectivity index (χ3n) is 3.69. The van der Waals surface area contributed by atoms with Gasteiger partial charge in [-0.05, 0) is 49.7 Å². The highest BCUT2D eigenvalue weighted by Crippen LogP contribution is 2.15. The number of anilines is 1. The van der Waals surface area contributed by atoms with Crippen molar-refractivity contribution < 1.29 is 9.59 Å². The highest BCUT2D eigenvalue weighted by molar-refractivity contribution is 6.05. The van der Waals surface area contributed by atoms with Gasteiger partial charge in [-0.25, -0.2) is 0 Å². The molecule has 122 valence electrons. The number of para-hydroxylation sites is 1.